The molecule has 0 aliphatic carbocycles. The first-order chi connectivity index (χ1) is 12.5. The van der Waals surface area contributed by atoms with Gasteiger partial charge in [-0.3, -0.25) is 4.79 Å². The fourth-order valence-electron chi connectivity index (χ4n) is 2.67. The molecule has 0 bridgehead atoms. The molecule has 6 heteroatoms. The number of aromatic nitrogens is 2. The minimum absolute atomic E-state index is 0.201. The Kier molecular flexibility index (Phi) is 5.28. The molecule has 5 nitrogen and oxygen atoms in total. The SMILES string of the molecule is COc1cn(Cc2ccccc2C)c(Nc2cccc(Cl)c2C)nc1=O. The van der Waals surface area contributed by atoms with Gasteiger partial charge in [0.25, 0.3) is 0 Å². The zero-order valence-corrected chi connectivity index (χ0v) is 15.7. The van der Waals surface area contributed by atoms with E-state index >= 15 is 0 Å². The van der Waals surface area contributed by atoms with Crippen molar-refractivity contribution in [1.29, 1.82) is 0 Å². The summed E-state index contributed by atoms with van der Waals surface area (Å²) in [5.74, 6) is 0.636. The number of hydrogen-bond donors (Lipinski definition) is 1. The average molecular weight is 370 g/mol. The molecule has 134 valence electrons. The maximum Gasteiger partial charge on any atom is 0.316 e. The minimum atomic E-state index is -0.421. The molecule has 0 aliphatic heterocycles. The largest absolute Gasteiger partial charge is 0.490 e. The van der Waals surface area contributed by atoms with Crippen molar-refractivity contribution in [1.82, 2.24) is 9.55 Å². The number of nitrogens with zero attached hydrogens (tertiary/aromatic N) is 2. The zero-order valence-electron chi connectivity index (χ0n) is 14.9. The number of methoxy groups -OCH3 is 1. The molecule has 1 heterocycles. The number of hydrogen-bond acceptors (Lipinski definition) is 4. The monoisotopic (exact) mass is 369 g/mol. The molecule has 0 unspecified atom stereocenters. The number of benzene rings is 2. The van der Waals surface area contributed by atoms with E-state index in [1.165, 1.54) is 7.11 Å². The topological polar surface area (TPSA) is 56.1 Å². The van der Waals surface area contributed by atoms with E-state index in [-0.39, 0.29) is 5.75 Å². The van der Waals surface area contributed by atoms with Crippen LogP contribution >= 0.6 is 11.6 Å². The van der Waals surface area contributed by atoms with Gasteiger partial charge in [0.2, 0.25) is 11.7 Å². The van der Waals surface area contributed by atoms with E-state index in [1.807, 2.05) is 47.9 Å². The lowest BCUT2D eigenvalue weighted by Gasteiger charge is -2.17. The van der Waals surface area contributed by atoms with Crippen LogP contribution in [0.5, 0.6) is 5.75 Å². The van der Waals surface area contributed by atoms with Gasteiger partial charge in [-0.2, -0.15) is 4.98 Å². The van der Waals surface area contributed by atoms with Crippen LogP contribution in [0, 0.1) is 13.8 Å². The quantitative estimate of drug-likeness (QED) is 0.728. The van der Waals surface area contributed by atoms with Gasteiger partial charge in [0.1, 0.15) is 0 Å². The van der Waals surface area contributed by atoms with Gasteiger partial charge in [0, 0.05) is 10.7 Å². The molecule has 0 atom stereocenters. The summed E-state index contributed by atoms with van der Waals surface area (Å²) in [5.41, 5.74) is 3.56. The zero-order chi connectivity index (χ0) is 18.7. The van der Waals surface area contributed by atoms with Crippen molar-refractivity contribution in [3.8, 4) is 5.75 Å². The van der Waals surface area contributed by atoms with Crippen LogP contribution in [-0.4, -0.2) is 16.7 Å². The summed E-state index contributed by atoms with van der Waals surface area (Å²) < 4.78 is 7.02. The van der Waals surface area contributed by atoms with Crippen molar-refractivity contribution < 1.29 is 4.74 Å². The molecule has 0 radical (unpaired) electrons. The second kappa shape index (κ2) is 7.62. The van der Waals surface area contributed by atoms with Crippen LogP contribution in [0.25, 0.3) is 0 Å². The molecule has 0 aliphatic rings. The van der Waals surface area contributed by atoms with Gasteiger partial charge in [-0.05, 0) is 42.7 Å². The van der Waals surface area contributed by atoms with E-state index < -0.39 is 5.56 Å². The van der Waals surface area contributed by atoms with Gasteiger partial charge in [-0.15, -0.1) is 0 Å². The Bertz CT molecular complexity index is 999. The third kappa shape index (κ3) is 3.73. The van der Waals surface area contributed by atoms with Crippen molar-refractivity contribution >= 4 is 23.2 Å². The second-order valence-corrected chi connectivity index (χ2v) is 6.44. The lowest BCUT2D eigenvalue weighted by Crippen LogP contribution is -2.19. The van der Waals surface area contributed by atoms with Crippen LogP contribution in [0.15, 0.2) is 53.5 Å². The third-order valence-corrected chi connectivity index (χ3v) is 4.71. The first kappa shape index (κ1) is 18.0. The normalized spacial score (nSPS) is 10.6. The second-order valence-electron chi connectivity index (χ2n) is 6.03. The summed E-state index contributed by atoms with van der Waals surface area (Å²) in [6.07, 6.45) is 1.67. The Hall–Kier alpha value is -2.79. The minimum Gasteiger partial charge on any atom is -0.490 e. The molecule has 3 aromatic rings. The predicted molar refractivity (Wildman–Crippen MR) is 105 cm³/mol. The molecule has 0 saturated heterocycles. The van der Waals surface area contributed by atoms with E-state index in [4.69, 9.17) is 16.3 Å². The predicted octanol–water partition coefficient (Wildman–Crippen LogP) is 4.31. The summed E-state index contributed by atoms with van der Waals surface area (Å²) in [6.45, 7) is 4.52. The summed E-state index contributed by atoms with van der Waals surface area (Å²) in [7, 11) is 1.46. The smallest absolute Gasteiger partial charge is 0.316 e. The van der Waals surface area contributed by atoms with E-state index in [9.17, 15) is 4.79 Å². The van der Waals surface area contributed by atoms with Crippen molar-refractivity contribution in [3.63, 3.8) is 0 Å². The summed E-state index contributed by atoms with van der Waals surface area (Å²) in [6, 6.07) is 13.7. The number of rotatable bonds is 5. The number of aryl methyl sites for hydroxylation is 1. The summed E-state index contributed by atoms with van der Waals surface area (Å²) in [4.78, 5) is 16.3. The summed E-state index contributed by atoms with van der Waals surface area (Å²) >= 11 is 6.20. The lowest BCUT2D eigenvalue weighted by molar-refractivity contribution is 0.402. The fraction of sp³-hybridized carbons (Fsp3) is 0.200. The van der Waals surface area contributed by atoms with Crippen LogP contribution in [0.1, 0.15) is 16.7 Å². The molecule has 0 saturated carbocycles. The third-order valence-electron chi connectivity index (χ3n) is 4.30. The van der Waals surface area contributed by atoms with Crippen LogP contribution in [0.4, 0.5) is 11.6 Å². The van der Waals surface area contributed by atoms with Crippen LogP contribution in [-0.2, 0) is 6.54 Å². The highest BCUT2D eigenvalue weighted by molar-refractivity contribution is 6.31. The molecule has 0 fully saturated rings. The van der Waals surface area contributed by atoms with Gasteiger partial charge in [0.05, 0.1) is 19.9 Å². The van der Waals surface area contributed by atoms with E-state index in [2.05, 4.69) is 23.3 Å². The highest BCUT2D eigenvalue weighted by atomic mass is 35.5. The van der Waals surface area contributed by atoms with Gasteiger partial charge in [-0.25, -0.2) is 0 Å². The number of halogens is 1. The molecule has 26 heavy (non-hydrogen) atoms. The van der Waals surface area contributed by atoms with Crippen molar-refractivity contribution in [2.24, 2.45) is 0 Å². The lowest BCUT2D eigenvalue weighted by atomic mass is 10.1. The first-order valence-electron chi connectivity index (χ1n) is 8.21. The Morgan fingerprint density at radius 3 is 2.65 bits per heavy atom. The van der Waals surface area contributed by atoms with Crippen molar-refractivity contribution in [2.75, 3.05) is 12.4 Å². The number of anilines is 2. The highest BCUT2D eigenvalue weighted by Crippen LogP contribution is 2.26. The standard InChI is InChI=1S/C20H20ClN3O2/c1-13-7-4-5-8-15(13)11-24-12-18(26-3)19(25)23-20(24)22-17-10-6-9-16(21)14(17)2/h4-10,12H,11H2,1-3H3,(H,22,23,25). The molecule has 2 aromatic carbocycles. The van der Waals surface area contributed by atoms with Gasteiger partial charge in [0.15, 0.2) is 0 Å². The number of ether oxygens (including phenoxy) is 1. The fourth-order valence-corrected chi connectivity index (χ4v) is 2.84. The van der Waals surface area contributed by atoms with E-state index in [0.717, 1.165) is 22.4 Å². The van der Waals surface area contributed by atoms with Crippen molar-refractivity contribution in [3.05, 3.63) is 80.7 Å². The van der Waals surface area contributed by atoms with Gasteiger partial charge >= 0.3 is 5.56 Å². The Labute approximate surface area is 157 Å². The van der Waals surface area contributed by atoms with Gasteiger partial charge in [-0.1, -0.05) is 41.9 Å². The van der Waals surface area contributed by atoms with Crippen LogP contribution < -0.4 is 15.6 Å². The maximum atomic E-state index is 12.2. The molecular formula is C20H20ClN3O2. The van der Waals surface area contributed by atoms with Crippen molar-refractivity contribution in [2.45, 2.75) is 20.4 Å². The van der Waals surface area contributed by atoms with Crippen LogP contribution in [0.2, 0.25) is 5.02 Å². The Morgan fingerprint density at radius 1 is 1.15 bits per heavy atom. The molecule has 1 N–H and O–H groups in total. The molecule has 0 spiro atoms. The van der Waals surface area contributed by atoms with Crippen LogP contribution in [0.3, 0.4) is 0 Å². The van der Waals surface area contributed by atoms with E-state index in [1.54, 1.807) is 6.20 Å². The average Bonchev–Trinajstić information content (AvgIpc) is 2.62. The van der Waals surface area contributed by atoms with E-state index in [0.29, 0.717) is 17.5 Å². The molecule has 1 aromatic heterocycles. The number of nitrogens with one attached hydrogen (secondary N) is 1. The molecule has 0 amide bonds. The Balaban J connectivity index is 2.06. The maximum absolute atomic E-state index is 12.2. The van der Waals surface area contributed by atoms with Gasteiger partial charge < -0.3 is 14.6 Å². The molecule has 3 rings (SSSR count). The summed E-state index contributed by atoms with van der Waals surface area (Å²) in [5, 5.41) is 3.87. The molecular weight excluding hydrogens is 350 g/mol. The highest BCUT2D eigenvalue weighted by Gasteiger charge is 2.12. The Morgan fingerprint density at radius 2 is 1.92 bits per heavy atom. The first-order valence-corrected chi connectivity index (χ1v) is 8.59.